The van der Waals surface area contributed by atoms with Crippen LogP contribution in [0.5, 0.6) is 0 Å². The fourth-order valence-electron chi connectivity index (χ4n) is 1.91. The molecule has 0 heterocycles. The van der Waals surface area contributed by atoms with Gasteiger partial charge in [0.15, 0.2) is 0 Å². The average molecular weight is 253 g/mol. The lowest BCUT2D eigenvalue weighted by atomic mass is 9.96. The highest BCUT2D eigenvalue weighted by molar-refractivity contribution is 6.30. The zero-order valence-corrected chi connectivity index (χ0v) is 11.4. The molecule has 0 saturated carbocycles. The van der Waals surface area contributed by atoms with Crippen molar-refractivity contribution in [3.05, 3.63) is 46.5 Å². The Bertz CT molecular complexity index is 356. The molecule has 1 aromatic carbocycles. The van der Waals surface area contributed by atoms with Gasteiger partial charge in [0, 0.05) is 5.03 Å². The van der Waals surface area contributed by atoms with Crippen LogP contribution in [-0.4, -0.2) is 5.11 Å². The summed E-state index contributed by atoms with van der Waals surface area (Å²) in [5.41, 5.74) is 1.90. The summed E-state index contributed by atoms with van der Waals surface area (Å²) in [5, 5.41) is 11.2. The van der Waals surface area contributed by atoms with Gasteiger partial charge in [0.1, 0.15) is 6.10 Å². The summed E-state index contributed by atoms with van der Waals surface area (Å²) in [4.78, 5) is 0. The van der Waals surface area contributed by atoms with E-state index >= 15 is 0 Å². The molecule has 0 saturated heterocycles. The predicted octanol–water partition coefficient (Wildman–Crippen LogP) is 4.81. The van der Waals surface area contributed by atoms with E-state index in [-0.39, 0.29) is 0 Å². The molecular weight excluding hydrogens is 232 g/mol. The van der Waals surface area contributed by atoms with Gasteiger partial charge >= 0.3 is 0 Å². The molecule has 0 aliphatic rings. The van der Waals surface area contributed by atoms with Gasteiger partial charge in [-0.05, 0) is 24.0 Å². The second kappa shape index (κ2) is 7.52. The minimum atomic E-state index is -0.560. The molecule has 1 aromatic rings. The smallest absolute Gasteiger partial charge is 0.101 e. The molecule has 0 amide bonds. The summed E-state index contributed by atoms with van der Waals surface area (Å²) in [6, 6.07) is 9.71. The highest BCUT2D eigenvalue weighted by Crippen LogP contribution is 2.31. The van der Waals surface area contributed by atoms with Crippen LogP contribution in [0.25, 0.3) is 0 Å². The molecule has 2 heteroatoms. The fraction of sp³-hybridized carbons (Fsp3) is 0.467. The zero-order chi connectivity index (χ0) is 12.7. The summed E-state index contributed by atoms with van der Waals surface area (Å²) in [6.07, 6.45) is 3.15. The molecule has 1 rings (SSSR count). The Kier molecular flexibility index (Phi) is 6.31. The van der Waals surface area contributed by atoms with Crippen molar-refractivity contribution in [1.29, 1.82) is 0 Å². The number of benzene rings is 1. The Morgan fingerprint density at radius 2 is 1.71 bits per heavy atom. The quantitative estimate of drug-likeness (QED) is 0.770. The van der Waals surface area contributed by atoms with E-state index in [4.69, 9.17) is 11.6 Å². The molecule has 0 spiro atoms. The van der Waals surface area contributed by atoms with Gasteiger partial charge < -0.3 is 5.11 Å². The van der Waals surface area contributed by atoms with Crippen LogP contribution in [0.1, 0.15) is 51.2 Å². The third kappa shape index (κ3) is 4.18. The van der Waals surface area contributed by atoms with Crippen LogP contribution < -0.4 is 0 Å². The van der Waals surface area contributed by atoms with Crippen molar-refractivity contribution < 1.29 is 5.11 Å². The number of allylic oxidation sites excluding steroid dienone is 1. The molecule has 0 radical (unpaired) electrons. The van der Waals surface area contributed by atoms with Gasteiger partial charge in [-0.15, -0.1) is 0 Å². The largest absolute Gasteiger partial charge is 0.384 e. The maximum Gasteiger partial charge on any atom is 0.101 e. The fourth-order valence-corrected chi connectivity index (χ4v) is 2.29. The van der Waals surface area contributed by atoms with Gasteiger partial charge in [-0.2, -0.15) is 0 Å². The van der Waals surface area contributed by atoms with Crippen LogP contribution in [0.3, 0.4) is 0 Å². The van der Waals surface area contributed by atoms with E-state index in [1.807, 2.05) is 30.3 Å². The van der Waals surface area contributed by atoms with Crippen LogP contribution in [0.4, 0.5) is 0 Å². The van der Waals surface area contributed by atoms with E-state index in [1.54, 1.807) is 0 Å². The summed E-state index contributed by atoms with van der Waals surface area (Å²) < 4.78 is 0. The summed E-state index contributed by atoms with van der Waals surface area (Å²) in [5.74, 6) is 0. The van der Waals surface area contributed by atoms with Crippen LogP contribution in [0, 0.1) is 0 Å². The molecule has 0 fully saturated rings. The minimum absolute atomic E-state index is 0.560. The number of hydrogen-bond donors (Lipinski definition) is 1. The van der Waals surface area contributed by atoms with Gasteiger partial charge in [-0.25, -0.2) is 0 Å². The molecule has 0 bridgehead atoms. The van der Waals surface area contributed by atoms with Crippen molar-refractivity contribution in [3.63, 3.8) is 0 Å². The predicted molar refractivity (Wildman–Crippen MR) is 74.1 cm³/mol. The van der Waals surface area contributed by atoms with Gasteiger partial charge in [-0.1, -0.05) is 68.6 Å². The van der Waals surface area contributed by atoms with E-state index < -0.39 is 6.10 Å². The zero-order valence-electron chi connectivity index (χ0n) is 10.6. The van der Waals surface area contributed by atoms with Crippen LogP contribution in [0.2, 0.25) is 0 Å². The molecule has 0 aliphatic carbocycles. The molecule has 1 atom stereocenters. The van der Waals surface area contributed by atoms with Crippen molar-refractivity contribution in [2.75, 3.05) is 0 Å². The van der Waals surface area contributed by atoms with Crippen molar-refractivity contribution >= 4 is 11.6 Å². The van der Waals surface area contributed by atoms with Crippen molar-refractivity contribution in [3.8, 4) is 0 Å². The van der Waals surface area contributed by atoms with E-state index in [0.717, 1.165) is 41.9 Å². The van der Waals surface area contributed by atoms with E-state index in [2.05, 4.69) is 13.8 Å². The van der Waals surface area contributed by atoms with Gasteiger partial charge in [0.25, 0.3) is 0 Å². The Hall–Kier alpha value is -0.790. The number of hydrogen-bond acceptors (Lipinski definition) is 1. The Balaban J connectivity index is 2.95. The maximum atomic E-state index is 10.4. The number of rotatable bonds is 6. The lowest BCUT2D eigenvalue weighted by Gasteiger charge is -2.17. The van der Waals surface area contributed by atoms with Gasteiger partial charge in [-0.3, -0.25) is 0 Å². The van der Waals surface area contributed by atoms with E-state index in [0.29, 0.717) is 0 Å². The van der Waals surface area contributed by atoms with Gasteiger partial charge in [0.05, 0.1) is 0 Å². The number of aliphatic hydroxyl groups excluding tert-OH is 1. The molecular formula is C15H21ClO. The SMILES string of the molecule is CCC/C(Cl)=C(\CCC)C(O)c1ccccc1. The molecule has 1 N–H and O–H groups in total. The Morgan fingerprint density at radius 3 is 2.24 bits per heavy atom. The Labute approximate surface area is 109 Å². The standard InChI is InChI=1S/C15H21ClO/c1-3-8-13(14(16)9-4-2)15(17)12-10-6-5-7-11-12/h5-7,10-11,15,17H,3-4,8-9H2,1-2H3/b14-13-. The van der Waals surface area contributed by atoms with E-state index in [1.165, 1.54) is 0 Å². The topological polar surface area (TPSA) is 20.2 Å². The lowest BCUT2D eigenvalue weighted by Crippen LogP contribution is -2.03. The molecule has 94 valence electrons. The van der Waals surface area contributed by atoms with Crippen LogP contribution in [0.15, 0.2) is 40.9 Å². The van der Waals surface area contributed by atoms with Crippen LogP contribution >= 0.6 is 11.6 Å². The number of halogens is 1. The molecule has 0 aromatic heterocycles. The monoisotopic (exact) mass is 252 g/mol. The normalized spacial score (nSPS) is 14.4. The first kappa shape index (κ1) is 14.3. The van der Waals surface area contributed by atoms with Crippen molar-refractivity contribution in [1.82, 2.24) is 0 Å². The summed E-state index contributed by atoms with van der Waals surface area (Å²) in [6.45, 7) is 4.20. The average Bonchev–Trinajstić information content (AvgIpc) is 2.36. The van der Waals surface area contributed by atoms with Gasteiger partial charge in [0.2, 0.25) is 0 Å². The first-order valence-corrected chi connectivity index (χ1v) is 6.68. The molecule has 1 nitrogen and oxygen atoms in total. The Morgan fingerprint density at radius 1 is 1.12 bits per heavy atom. The lowest BCUT2D eigenvalue weighted by molar-refractivity contribution is 0.210. The van der Waals surface area contributed by atoms with Crippen LogP contribution in [-0.2, 0) is 0 Å². The highest BCUT2D eigenvalue weighted by atomic mass is 35.5. The molecule has 0 aliphatic heterocycles. The minimum Gasteiger partial charge on any atom is -0.384 e. The third-order valence-electron chi connectivity index (χ3n) is 2.78. The summed E-state index contributed by atoms with van der Waals surface area (Å²) >= 11 is 6.29. The van der Waals surface area contributed by atoms with Crippen molar-refractivity contribution in [2.45, 2.75) is 45.6 Å². The third-order valence-corrected chi connectivity index (χ3v) is 3.21. The summed E-state index contributed by atoms with van der Waals surface area (Å²) in [7, 11) is 0. The number of aliphatic hydroxyl groups is 1. The van der Waals surface area contributed by atoms with Crippen molar-refractivity contribution in [2.24, 2.45) is 0 Å². The second-order valence-electron chi connectivity index (χ2n) is 4.24. The first-order valence-electron chi connectivity index (χ1n) is 6.31. The molecule has 1 unspecified atom stereocenters. The molecule has 17 heavy (non-hydrogen) atoms. The maximum absolute atomic E-state index is 10.4. The highest BCUT2D eigenvalue weighted by Gasteiger charge is 2.15. The second-order valence-corrected chi connectivity index (χ2v) is 4.70. The first-order chi connectivity index (χ1) is 8.20. The van der Waals surface area contributed by atoms with E-state index in [9.17, 15) is 5.11 Å².